The van der Waals surface area contributed by atoms with E-state index in [4.69, 9.17) is 0 Å². The number of carbonyl (C=O) groups excluding carboxylic acids is 2. The van der Waals surface area contributed by atoms with Gasteiger partial charge in [0.25, 0.3) is 0 Å². The molecule has 1 heterocycles. The molecule has 4 heteroatoms. The zero-order valence-electron chi connectivity index (χ0n) is 11.0. The summed E-state index contributed by atoms with van der Waals surface area (Å²) in [5.74, 6) is 0.133. The number of hydrogen-bond donors (Lipinski definition) is 1. The second-order valence-electron chi connectivity index (χ2n) is 6.19. The Labute approximate surface area is 103 Å². The number of nitrogens with zero attached hydrogens (tertiary/aromatic N) is 1. The Balaban J connectivity index is 2.00. The van der Waals surface area contributed by atoms with Crippen molar-refractivity contribution in [2.75, 3.05) is 6.54 Å². The molecule has 0 spiro atoms. The standard InChI is InChI=1S/C13H22N2O2/c1-13(2,3)12(17)15-8-4-5-10(15)11(16)14-9-6-7-9/h9-10H,4-8H2,1-3H3,(H,14,16). The van der Waals surface area contributed by atoms with Crippen molar-refractivity contribution in [3.05, 3.63) is 0 Å². The van der Waals surface area contributed by atoms with Crippen molar-refractivity contribution < 1.29 is 9.59 Å². The van der Waals surface area contributed by atoms with E-state index in [9.17, 15) is 9.59 Å². The van der Waals surface area contributed by atoms with Gasteiger partial charge in [0.15, 0.2) is 0 Å². The first-order valence-electron chi connectivity index (χ1n) is 6.51. The van der Waals surface area contributed by atoms with Crippen LogP contribution in [0.5, 0.6) is 0 Å². The van der Waals surface area contributed by atoms with Crippen LogP contribution in [0, 0.1) is 5.41 Å². The van der Waals surface area contributed by atoms with Crippen LogP contribution in [0.2, 0.25) is 0 Å². The molecule has 1 saturated carbocycles. The van der Waals surface area contributed by atoms with Crippen LogP contribution in [0.4, 0.5) is 0 Å². The first-order valence-corrected chi connectivity index (χ1v) is 6.51. The Morgan fingerprint density at radius 2 is 1.82 bits per heavy atom. The normalized spacial score (nSPS) is 24.9. The maximum Gasteiger partial charge on any atom is 0.243 e. The summed E-state index contributed by atoms with van der Waals surface area (Å²) in [6.45, 7) is 6.44. The lowest BCUT2D eigenvalue weighted by molar-refractivity contribution is -0.144. The van der Waals surface area contributed by atoms with Crippen LogP contribution in [0.3, 0.4) is 0 Å². The molecule has 1 aliphatic heterocycles. The predicted octanol–water partition coefficient (Wildman–Crippen LogP) is 1.30. The van der Waals surface area contributed by atoms with E-state index >= 15 is 0 Å². The van der Waals surface area contributed by atoms with Gasteiger partial charge in [-0.2, -0.15) is 0 Å². The highest BCUT2D eigenvalue weighted by Crippen LogP contribution is 2.26. The molecular weight excluding hydrogens is 216 g/mol. The van der Waals surface area contributed by atoms with Gasteiger partial charge in [-0.1, -0.05) is 20.8 Å². The van der Waals surface area contributed by atoms with Crippen molar-refractivity contribution >= 4 is 11.8 Å². The summed E-state index contributed by atoms with van der Waals surface area (Å²) >= 11 is 0. The summed E-state index contributed by atoms with van der Waals surface area (Å²) < 4.78 is 0. The molecule has 2 aliphatic rings. The number of rotatable bonds is 2. The van der Waals surface area contributed by atoms with Crippen molar-refractivity contribution in [1.29, 1.82) is 0 Å². The SMILES string of the molecule is CC(C)(C)C(=O)N1CCCC1C(=O)NC1CC1. The summed E-state index contributed by atoms with van der Waals surface area (Å²) in [6.07, 6.45) is 3.92. The summed E-state index contributed by atoms with van der Waals surface area (Å²) in [7, 11) is 0. The van der Waals surface area contributed by atoms with Gasteiger partial charge in [0.05, 0.1) is 0 Å². The number of hydrogen-bond acceptors (Lipinski definition) is 2. The molecule has 0 radical (unpaired) electrons. The van der Waals surface area contributed by atoms with Crippen LogP contribution in [0.1, 0.15) is 46.5 Å². The maximum atomic E-state index is 12.2. The zero-order chi connectivity index (χ0) is 12.6. The molecule has 0 aromatic carbocycles. The van der Waals surface area contributed by atoms with Crippen LogP contribution in [-0.4, -0.2) is 35.3 Å². The molecular formula is C13H22N2O2. The minimum absolute atomic E-state index is 0.0441. The smallest absolute Gasteiger partial charge is 0.243 e. The summed E-state index contributed by atoms with van der Waals surface area (Å²) in [4.78, 5) is 26.0. The molecule has 0 bridgehead atoms. The van der Waals surface area contributed by atoms with Gasteiger partial charge in [-0.15, -0.1) is 0 Å². The lowest BCUT2D eigenvalue weighted by Crippen LogP contribution is -2.49. The van der Waals surface area contributed by atoms with E-state index in [1.807, 2.05) is 20.8 Å². The lowest BCUT2D eigenvalue weighted by Gasteiger charge is -2.30. The van der Waals surface area contributed by atoms with Crippen LogP contribution >= 0.6 is 0 Å². The Bertz CT molecular complexity index is 329. The summed E-state index contributed by atoms with van der Waals surface area (Å²) in [6, 6.07) is 0.136. The van der Waals surface area contributed by atoms with E-state index in [-0.39, 0.29) is 17.9 Å². The molecule has 0 aromatic heterocycles. The van der Waals surface area contributed by atoms with Gasteiger partial charge < -0.3 is 10.2 Å². The average Bonchev–Trinajstić information content (AvgIpc) is 2.91. The molecule has 0 aromatic rings. The summed E-state index contributed by atoms with van der Waals surface area (Å²) in [5.41, 5.74) is -0.400. The number of nitrogens with one attached hydrogen (secondary N) is 1. The predicted molar refractivity (Wildman–Crippen MR) is 65.4 cm³/mol. The number of amides is 2. The van der Waals surface area contributed by atoms with Crippen molar-refractivity contribution in [1.82, 2.24) is 10.2 Å². The molecule has 96 valence electrons. The fourth-order valence-electron chi connectivity index (χ4n) is 2.24. The second kappa shape index (κ2) is 4.31. The van der Waals surface area contributed by atoms with E-state index < -0.39 is 5.41 Å². The van der Waals surface area contributed by atoms with Crippen molar-refractivity contribution in [2.45, 2.75) is 58.5 Å². The molecule has 1 unspecified atom stereocenters. The summed E-state index contributed by atoms with van der Waals surface area (Å²) in [5, 5.41) is 3.00. The highest BCUT2D eigenvalue weighted by Gasteiger charge is 2.39. The molecule has 1 aliphatic carbocycles. The van der Waals surface area contributed by atoms with Crippen LogP contribution < -0.4 is 5.32 Å². The van der Waals surface area contributed by atoms with Gasteiger partial charge in [0, 0.05) is 18.0 Å². The number of likely N-dealkylation sites (tertiary alicyclic amines) is 1. The molecule has 1 saturated heterocycles. The highest BCUT2D eigenvalue weighted by atomic mass is 16.2. The second-order valence-corrected chi connectivity index (χ2v) is 6.19. The molecule has 1 atom stereocenters. The third-order valence-corrected chi connectivity index (χ3v) is 3.38. The Kier molecular flexibility index (Phi) is 3.15. The van der Waals surface area contributed by atoms with Gasteiger partial charge >= 0.3 is 0 Å². The molecule has 1 N–H and O–H groups in total. The van der Waals surface area contributed by atoms with Gasteiger partial charge in [-0.05, 0) is 25.7 Å². The van der Waals surface area contributed by atoms with E-state index in [1.54, 1.807) is 4.90 Å². The molecule has 2 rings (SSSR count). The maximum absolute atomic E-state index is 12.2. The fraction of sp³-hybridized carbons (Fsp3) is 0.846. The van der Waals surface area contributed by atoms with Crippen molar-refractivity contribution in [3.8, 4) is 0 Å². The third-order valence-electron chi connectivity index (χ3n) is 3.38. The van der Waals surface area contributed by atoms with E-state index in [1.165, 1.54) is 0 Å². The van der Waals surface area contributed by atoms with Gasteiger partial charge in [0.1, 0.15) is 6.04 Å². The minimum Gasteiger partial charge on any atom is -0.352 e. The fourth-order valence-corrected chi connectivity index (χ4v) is 2.24. The van der Waals surface area contributed by atoms with Crippen molar-refractivity contribution in [3.63, 3.8) is 0 Å². The number of carbonyl (C=O) groups is 2. The van der Waals surface area contributed by atoms with E-state index in [2.05, 4.69) is 5.32 Å². The Morgan fingerprint density at radius 3 is 2.35 bits per heavy atom. The molecule has 17 heavy (non-hydrogen) atoms. The van der Waals surface area contributed by atoms with Crippen molar-refractivity contribution in [2.24, 2.45) is 5.41 Å². The van der Waals surface area contributed by atoms with Gasteiger partial charge in [-0.3, -0.25) is 9.59 Å². The molecule has 2 amide bonds. The quantitative estimate of drug-likeness (QED) is 0.788. The van der Waals surface area contributed by atoms with Crippen LogP contribution in [0.15, 0.2) is 0 Å². The highest BCUT2D eigenvalue weighted by molar-refractivity contribution is 5.90. The Morgan fingerprint density at radius 1 is 1.18 bits per heavy atom. The first kappa shape index (κ1) is 12.4. The van der Waals surface area contributed by atoms with Crippen LogP contribution in [-0.2, 0) is 9.59 Å². The van der Waals surface area contributed by atoms with Gasteiger partial charge in [0.2, 0.25) is 11.8 Å². The third kappa shape index (κ3) is 2.79. The first-order chi connectivity index (χ1) is 7.89. The average molecular weight is 238 g/mol. The zero-order valence-corrected chi connectivity index (χ0v) is 11.0. The molecule has 2 fully saturated rings. The van der Waals surface area contributed by atoms with E-state index in [0.717, 1.165) is 32.2 Å². The largest absolute Gasteiger partial charge is 0.352 e. The Hall–Kier alpha value is -1.06. The van der Waals surface area contributed by atoms with Crippen LogP contribution in [0.25, 0.3) is 0 Å². The van der Waals surface area contributed by atoms with Gasteiger partial charge in [-0.25, -0.2) is 0 Å². The monoisotopic (exact) mass is 238 g/mol. The topological polar surface area (TPSA) is 49.4 Å². The molecule has 4 nitrogen and oxygen atoms in total. The van der Waals surface area contributed by atoms with E-state index in [0.29, 0.717) is 6.04 Å². The minimum atomic E-state index is -0.400. The lowest BCUT2D eigenvalue weighted by atomic mass is 9.94.